The Balaban J connectivity index is 2.71. The van der Waals surface area contributed by atoms with Gasteiger partial charge in [-0.05, 0) is 26.7 Å². The quantitative estimate of drug-likeness (QED) is 0.461. The minimum Gasteiger partial charge on any atom is -0.507 e. The van der Waals surface area contributed by atoms with Gasteiger partial charge in [0, 0.05) is 24.5 Å². The fourth-order valence-electron chi connectivity index (χ4n) is 2.45. The zero-order valence-electron chi connectivity index (χ0n) is 16.0. The van der Waals surface area contributed by atoms with Crippen molar-refractivity contribution in [3.63, 3.8) is 0 Å². The predicted molar refractivity (Wildman–Crippen MR) is 103 cm³/mol. The fraction of sp³-hybridized carbons (Fsp3) is 0.476. The maximum Gasteiger partial charge on any atom is 0.342 e. The van der Waals surface area contributed by atoms with Gasteiger partial charge >= 0.3 is 5.63 Å². The molecule has 0 unspecified atom stereocenters. The third-order valence-electron chi connectivity index (χ3n) is 4.38. The van der Waals surface area contributed by atoms with Crippen molar-refractivity contribution in [3.8, 4) is 5.75 Å². The SMILES string of the molecule is C/C(=C/C=C/[C@H](C)[C@@H](O)[C@H](C)c1cc(O)c(C)c(=O)o1)C/C=C/CCO. The van der Waals surface area contributed by atoms with E-state index in [2.05, 4.69) is 0 Å². The summed E-state index contributed by atoms with van der Waals surface area (Å²) in [6.07, 6.45) is 10.5. The third-order valence-corrected chi connectivity index (χ3v) is 4.38. The number of allylic oxidation sites excluding steroid dienone is 4. The molecule has 1 aromatic heterocycles. The zero-order valence-corrected chi connectivity index (χ0v) is 16.0. The second-order valence-corrected chi connectivity index (χ2v) is 6.67. The van der Waals surface area contributed by atoms with Crippen LogP contribution in [-0.4, -0.2) is 28.0 Å². The van der Waals surface area contributed by atoms with Crippen LogP contribution in [0.25, 0.3) is 0 Å². The molecular weight excluding hydrogens is 332 g/mol. The van der Waals surface area contributed by atoms with Gasteiger partial charge in [0.05, 0.1) is 11.7 Å². The Morgan fingerprint density at radius 1 is 1.31 bits per heavy atom. The van der Waals surface area contributed by atoms with E-state index in [1.54, 1.807) is 6.92 Å². The Morgan fingerprint density at radius 2 is 2.00 bits per heavy atom. The van der Waals surface area contributed by atoms with Crippen LogP contribution in [0.2, 0.25) is 0 Å². The van der Waals surface area contributed by atoms with Crippen LogP contribution in [-0.2, 0) is 0 Å². The molecule has 0 aromatic carbocycles. The van der Waals surface area contributed by atoms with Gasteiger partial charge in [-0.15, -0.1) is 0 Å². The molecule has 144 valence electrons. The van der Waals surface area contributed by atoms with Crippen LogP contribution >= 0.6 is 0 Å². The summed E-state index contributed by atoms with van der Waals surface area (Å²) in [7, 11) is 0. The summed E-state index contributed by atoms with van der Waals surface area (Å²) in [5, 5.41) is 29.0. The van der Waals surface area contributed by atoms with E-state index in [-0.39, 0.29) is 29.6 Å². The van der Waals surface area contributed by atoms with Crippen molar-refractivity contribution >= 4 is 0 Å². The van der Waals surface area contributed by atoms with E-state index in [4.69, 9.17) is 9.52 Å². The van der Waals surface area contributed by atoms with Gasteiger partial charge in [0.15, 0.2) is 0 Å². The molecule has 0 spiro atoms. The average Bonchev–Trinajstić information content (AvgIpc) is 2.61. The summed E-state index contributed by atoms with van der Waals surface area (Å²) < 4.78 is 5.19. The minimum atomic E-state index is -0.755. The summed E-state index contributed by atoms with van der Waals surface area (Å²) in [4.78, 5) is 11.7. The molecular formula is C21H30O5. The molecule has 3 N–H and O–H groups in total. The Labute approximate surface area is 155 Å². The van der Waals surface area contributed by atoms with Crippen LogP contribution in [0.15, 0.2) is 51.2 Å². The molecule has 5 nitrogen and oxygen atoms in total. The van der Waals surface area contributed by atoms with Gasteiger partial charge in [-0.25, -0.2) is 4.79 Å². The molecule has 3 atom stereocenters. The minimum absolute atomic E-state index is 0.119. The van der Waals surface area contributed by atoms with Gasteiger partial charge in [0.2, 0.25) is 0 Å². The molecule has 1 aromatic rings. The number of hydrogen-bond donors (Lipinski definition) is 3. The standard InChI is InChI=1S/C21H30O5/c1-14(9-6-5-7-12-22)10-8-11-15(2)20(24)17(4)19-13-18(23)16(3)21(25)26-19/h5-6,8,10-11,13,15,17,20,22-24H,7,9,12H2,1-4H3/b6-5+,11-8+,14-10-/t15-,17+,20+/m0/s1. The van der Waals surface area contributed by atoms with Gasteiger partial charge in [-0.2, -0.15) is 0 Å². The van der Waals surface area contributed by atoms with Crippen molar-refractivity contribution in [3.05, 3.63) is 63.8 Å². The van der Waals surface area contributed by atoms with Crippen molar-refractivity contribution in [2.45, 2.75) is 52.6 Å². The summed E-state index contributed by atoms with van der Waals surface area (Å²) in [6, 6.07) is 1.39. The zero-order chi connectivity index (χ0) is 19.7. The molecule has 0 radical (unpaired) electrons. The molecule has 0 bridgehead atoms. The third kappa shape index (κ3) is 6.65. The summed E-state index contributed by atoms with van der Waals surface area (Å²) in [5.41, 5.74) is 0.742. The lowest BCUT2D eigenvalue weighted by Crippen LogP contribution is -2.24. The Bertz CT molecular complexity index is 712. The van der Waals surface area contributed by atoms with Gasteiger partial charge < -0.3 is 19.7 Å². The monoisotopic (exact) mass is 362 g/mol. The normalized spacial score (nSPS) is 16.3. The molecule has 26 heavy (non-hydrogen) atoms. The smallest absolute Gasteiger partial charge is 0.342 e. The van der Waals surface area contributed by atoms with Crippen LogP contribution in [0.5, 0.6) is 5.75 Å². The number of aliphatic hydroxyl groups excluding tert-OH is 2. The maximum atomic E-state index is 11.7. The van der Waals surface area contributed by atoms with E-state index >= 15 is 0 Å². The molecule has 5 heteroatoms. The molecule has 0 amide bonds. The summed E-state index contributed by atoms with van der Waals surface area (Å²) in [5.74, 6) is -0.439. The Hall–Kier alpha value is -2.11. The van der Waals surface area contributed by atoms with Gasteiger partial charge in [0.1, 0.15) is 11.5 Å². The molecule has 0 fully saturated rings. The molecule has 0 saturated carbocycles. The van der Waals surface area contributed by atoms with Crippen LogP contribution in [0, 0.1) is 12.8 Å². The van der Waals surface area contributed by atoms with Crippen molar-refractivity contribution < 1.29 is 19.7 Å². The first-order chi connectivity index (χ1) is 12.3. The highest BCUT2D eigenvalue weighted by molar-refractivity contribution is 5.30. The average molecular weight is 362 g/mol. The second kappa shape index (κ2) is 10.8. The summed E-state index contributed by atoms with van der Waals surface area (Å²) in [6.45, 7) is 7.31. The molecule has 1 rings (SSSR count). The van der Waals surface area contributed by atoms with Crippen LogP contribution in [0.1, 0.15) is 50.9 Å². The van der Waals surface area contributed by atoms with Crippen LogP contribution in [0.3, 0.4) is 0 Å². The predicted octanol–water partition coefficient (Wildman–Crippen LogP) is 3.59. The van der Waals surface area contributed by atoms with Gasteiger partial charge in [0.25, 0.3) is 0 Å². The number of aromatic hydroxyl groups is 1. The van der Waals surface area contributed by atoms with E-state index in [0.717, 1.165) is 6.42 Å². The lowest BCUT2D eigenvalue weighted by Gasteiger charge is -2.22. The highest BCUT2D eigenvalue weighted by Crippen LogP contribution is 2.27. The first-order valence-electron chi connectivity index (χ1n) is 8.89. The largest absolute Gasteiger partial charge is 0.507 e. The van der Waals surface area contributed by atoms with E-state index in [0.29, 0.717) is 6.42 Å². The maximum absolute atomic E-state index is 11.7. The number of aliphatic hydroxyl groups is 2. The van der Waals surface area contributed by atoms with Gasteiger partial charge in [-0.3, -0.25) is 0 Å². The first-order valence-corrected chi connectivity index (χ1v) is 8.89. The van der Waals surface area contributed by atoms with E-state index < -0.39 is 17.6 Å². The molecule has 0 aliphatic carbocycles. The number of rotatable bonds is 9. The fourth-order valence-corrected chi connectivity index (χ4v) is 2.45. The molecule has 0 aliphatic heterocycles. The van der Waals surface area contributed by atoms with Crippen molar-refractivity contribution in [1.82, 2.24) is 0 Å². The molecule has 1 heterocycles. The van der Waals surface area contributed by atoms with Crippen molar-refractivity contribution in [2.75, 3.05) is 6.61 Å². The van der Waals surface area contributed by atoms with Crippen LogP contribution in [0.4, 0.5) is 0 Å². The second-order valence-electron chi connectivity index (χ2n) is 6.67. The van der Waals surface area contributed by atoms with Crippen molar-refractivity contribution in [1.29, 1.82) is 0 Å². The molecule has 0 aliphatic rings. The summed E-state index contributed by atoms with van der Waals surface area (Å²) >= 11 is 0. The van der Waals surface area contributed by atoms with E-state index in [9.17, 15) is 15.0 Å². The molecule has 0 saturated heterocycles. The van der Waals surface area contributed by atoms with E-state index in [1.807, 2.05) is 44.2 Å². The van der Waals surface area contributed by atoms with Crippen LogP contribution < -0.4 is 5.63 Å². The Morgan fingerprint density at radius 3 is 2.62 bits per heavy atom. The highest BCUT2D eigenvalue weighted by atomic mass is 16.4. The number of hydrogen-bond acceptors (Lipinski definition) is 5. The van der Waals surface area contributed by atoms with E-state index in [1.165, 1.54) is 18.6 Å². The lowest BCUT2D eigenvalue weighted by molar-refractivity contribution is 0.104. The highest BCUT2D eigenvalue weighted by Gasteiger charge is 2.24. The first kappa shape index (κ1) is 21.9. The topological polar surface area (TPSA) is 90.9 Å². The lowest BCUT2D eigenvalue weighted by atomic mass is 9.91. The van der Waals surface area contributed by atoms with Crippen molar-refractivity contribution in [2.24, 2.45) is 5.92 Å². The Kier molecular flexibility index (Phi) is 9.10. The van der Waals surface area contributed by atoms with Gasteiger partial charge in [-0.1, -0.05) is 49.8 Å².